The van der Waals surface area contributed by atoms with E-state index in [1.807, 2.05) is 25.4 Å². The van der Waals surface area contributed by atoms with E-state index in [-0.39, 0.29) is 0 Å². The number of pyridine rings is 1. The summed E-state index contributed by atoms with van der Waals surface area (Å²) in [6.07, 6.45) is 9.83. The highest BCUT2D eigenvalue weighted by Crippen LogP contribution is 2.30. The van der Waals surface area contributed by atoms with Gasteiger partial charge in [0.2, 0.25) is 0 Å². The molecule has 0 N–H and O–H groups in total. The molecule has 2 aromatic rings. The molecule has 0 aliphatic carbocycles. The number of piperidine rings is 1. The second kappa shape index (κ2) is 6.85. The van der Waals surface area contributed by atoms with Crippen LogP contribution >= 0.6 is 0 Å². The molecule has 0 bridgehead atoms. The molecule has 1 atom stereocenters. The van der Waals surface area contributed by atoms with E-state index in [4.69, 9.17) is 4.52 Å². The fourth-order valence-corrected chi connectivity index (χ4v) is 3.17. The summed E-state index contributed by atoms with van der Waals surface area (Å²) in [6.45, 7) is 4.25. The first-order valence-electron chi connectivity index (χ1n) is 7.89. The molecule has 1 fully saturated rings. The summed E-state index contributed by atoms with van der Waals surface area (Å²) in [4.78, 5) is 6.75. The Morgan fingerprint density at radius 1 is 1.38 bits per heavy atom. The lowest BCUT2D eigenvalue weighted by Crippen LogP contribution is -2.34. The van der Waals surface area contributed by atoms with Gasteiger partial charge in [-0.2, -0.15) is 0 Å². The van der Waals surface area contributed by atoms with Crippen molar-refractivity contribution in [1.82, 2.24) is 15.0 Å². The van der Waals surface area contributed by atoms with E-state index in [2.05, 4.69) is 27.2 Å². The van der Waals surface area contributed by atoms with Crippen LogP contribution in [0, 0.1) is 6.92 Å². The topological polar surface area (TPSA) is 42.2 Å². The number of hydrogen-bond acceptors (Lipinski definition) is 4. The quantitative estimate of drug-likeness (QED) is 0.842. The lowest BCUT2D eigenvalue weighted by molar-refractivity contribution is 0.140. The van der Waals surface area contributed by atoms with Crippen LogP contribution in [0.1, 0.15) is 48.7 Å². The van der Waals surface area contributed by atoms with Gasteiger partial charge in [-0.1, -0.05) is 17.6 Å². The molecule has 4 nitrogen and oxygen atoms in total. The molecule has 0 spiro atoms. The third kappa shape index (κ3) is 3.70. The SMILES string of the molecule is Cc1cc(C2CCCCN2CCCc2cccnc2)no1. The van der Waals surface area contributed by atoms with Gasteiger partial charge in [0.05, 0.1) is 6.04 Å². The maximum atomic E-state index is 5.25. The van der Waals surface area contributed by atoms with Gasteiger partial charge in [0.25, 0.3) is 0 Å². The van der Waals surface area contributed by atoms with Crippen molar-refractivity contribution in [3.63, 3.8) is 0 Å². The van der Waals surface area contributed by atoms with Crippen LogP contribution in [0.4, 0.5) is 0 Å². The Kier molecular flexibility index (Phi) is 4.65. The Morgan fingerprint density at radius 2 is 2.33 bits per heavy atom. The molecule has 1 aliphatic rings. The number of aromatic nitrogens is 2. The monoisotopic (exact) mass is 285 g/mol. The van der Waals surface area contributed by atoms with Crippen molar-refractivity contribution in [3.05, 3.63) is 47.6 Å². The Balaban J connectivity index is 1.57. The summed E-state index contributed by atoms with van der Waals surface area (Å²) in [7, 11) is 0. The van der Waals surface area contributed by atoms with Crippen LogP contribution in [0.2, 0.25) is 0 Å². The van der Waals surface area contributed by atoms with Crippen molar-refractivity contribution >= 4 is 0 Å². The lowest BCUT2D eigenvalue weighted by Gasteiger charge is -2.34. The summed E-state index contributed by atoms with van der Waals surface area (Å²) >= 11 is 0. The molecular formula is C17H23N3O. The number of aryl methyl sites for hydroxylation is 2. The molecule has 0 saturated carbocycles. The highest BCUT2D eigenvalue weighted by atomic mass is 16.5. The van der Waals surface area contributed by atoms with Crippen LogP contribution < -0.4 is 0 Å². The van der Waals surface area contributed by atoms with E-state index in [1.54, 1.807) is 0 Å². The van der Waals surface area contributed by atoms with Gasteiger partial charge in [0.1, 0.15) is 11.5 Å². The second-order valence-electron chi connectivity index (χ2n) is 5.87. The molecule has 0 radical (unpaired) electrons. The van der Waals surface area contributed by atoms with Crippen LogP contribution in [0.3, 0.4) is 0 Å². The average molecular weight is 285 g/mol. The van der Waals surface area contributed by atoms with Gasteiger partial charge in [-0.15, -0.1) is 0 Å². The summed E-state index contributed by atoms with van der Waals surface area (Å²) < 4.78 is 5.25. The Bertz CT molecular complexity index is 552. The van der Waals surface area contributed by atoms with E-state index >= 15 is 0 Å². The molecule has 2 aromatic heterocycles. The van der Waals surface area contributed by atoms with E-state index in [0.717, 1.165) is 24.4 Å². The molecule has 4 heteroatoms. The first kappa shape index (κ1) is 14.3. The number of likely N-dealkylation sites (tertiary alicyclic amines) is 1. The number of nitrogens with zero attached hydrogens (tertiary/aromatic N) is 3. The normalized spacial score (nSPS) is 19.8. The summed E-state index contributed by atoms with van der Waals surface area (Å²) in [6, 6.07) is 6.69. The minimum Gasteiger partial charge on any atom is -0.361 e. The highest BCUT2D eigenvalue weighted by molar-refractivity contribution is 5.10. The van der Waals surface area contributed by atoms with Crippen molar-refractivity contribution in [2.75, 3.05) is 13.1 Å². The largest absolute Gasteiger partial charge is 0.361 e. The molecule has 3 heterocycles. The molecule has 1 saturated heterocycles. The molecule has 0 amide bonds. The Morgan fingerprint density at radius 3 is 3.10 bits per heavy atom. The Labute approximate surface area is 126 Å². The standard InChI is InChI=1S/C17H23N3O/c1-14-12-16(19-21-14)17-8-2-3-10-20(17)11-5-7-15-6-4-9-18-13-15/h4,6,9,12-13,17H,2-3,5,7-8,10-11H2,1H3. The van der Waals surface area contributed by atoms with Crippen LogP contribution in [0.5, 0.6) is 0 Å². The molecule has 3 rings (SSSR count). The summed E-state index contributed by atoms with van der Waals surface area (Å²) in [5.41, 5.74) is 2.43. The van der Waals surface area contributed by atoms with E-state index in [9.17, 15) is 0 Å². The maximum Gasteiger partial charge on any atom is 0.133 e. The number of rotatable bonds is 5. The van der Waals surface area contributed by atoms with Crippen LogP contribution in [0.15, 0.2) is 35.1 Å². The van der Waals surface area contributed by atoms with Crippen molar-refractivity contribution < 1.29 is 4.52 Å². The molecule has 1 aliphatic heterocycles. The average Bonchev–Trinajstić information content (AvgIpc) is 2.95. The van der Waals surface area contributed by atoms with Gasteiger partial charge < -0.3 is 4.52 Å². The summed E-state index contributed by atoms with van der Waals surface area (Å²) in [5, 5.41) is 4.23. The zero-order valence-electron chi connectivity index (χ0n) is 12.7. The second-order valence-corrected chi connectivity index (χ2v) is 5.87. The zero-order chi connectivity index (χ0) is 14.5. The van der Waals surface area contributed by atoms with Crippen LogP contribution in [-0.2, 0) is 6.42 Å². The highest BCUT2D eigenvalue weighted by Gasteiger charge is 2.25. The summed E-state index contributed by atoms with van der Waals surface area (Å²) in [5.74, 6) is 0.908. The fraction of sp³-hybridized carbons (Fsp3) is 0.529. The van der Waals surface area contributed by atoms with Gasteiger partial charge in [0, 0.05) is 18.5 Å². The molecule has 1 unspecified atom stereocenters. The predicted molar refractivity (Wildman–Crippen MR) is 82.0 cm³/mol. The molecular weight excluding hydrogens is 262 g/mol. The van der Waals surface area contributed by atoms with Crippen molar-refractivity contribution in [3.8, 4) is 0 Å². The van der Waals surface area contributed by atoms with Crippen molar-refractivity contribution in [1.29, 1.82) is 0 Å². The van der Waals surface area contributed by atoms with E-state index < -0.39 is 0 Å². The zero-order valence-corrected chi connectivity index (χ0v) is 12.7. The van der Waals surface area contributed by atoms with Gasteiger partial charge in [-0.25, -0.2) is 0 Å². The third-order valence-corrected chi connectivity index (χ3v) is 4.23. The van der Waals surface area contributed by atoms with Crippen LogP contribution in [-0.4, -0.2) is 28.1 Å². The molecule has 112 valence electrons. The van der Waals surface area contributed by atoms with E-state index in [0.29, 0.717) is 6.04 Å². The minimum absolute atomic E-state index is 0.435. The first-order valence-corrected chi connectivity index (χ1v) is 7.89. The van der Waals surface area contributed by atoms with Gasteiger partial charge >= 0.3 is 0 Å². The van der Waals surface area contributed by atoms with E-state index in [1.165, 1.54) is 37.8 Å². The molecule has 21 heavy (non-hydrogen) atoms. The van der Waals surface area contributed by atoms with Gasteiger partial charge in [-0.05, 0) is 57.3 Å². The minimum atomic E-state index is 0.435. The first-order chi connectivity index (χ1) is 10.3. The molecule has 0 aromatic carbocycles. The smallest absolute Gasteiger partial charge is 0.133 e. The third-order valence-electron chi connectivity index (χ3n) is 4.23. The predicted octanol–water partition coefficient (Wildman–Crippen LogP) is 3.54. The van der Waals surface area contributed by atoms with Gasteiger partial charge in [-0.3, -0.25) is 9.88 Å². The Hall–Kier alpha value is -1.68. The van der Waals surface area contributed by atoms with Crippen molar-refractivity contribution in [2.45, 2.75) is 45.1 Å². The van der Waals surface area contributed by atoms with Crippen LogP contribution in [0.25, 0.3) is 0 Å². The van der Waals surface area contributed by atoms with Gasteiger partial charge in [0.15, 0.2) is 0 Å². The van der Waals surface area contributed by atoms with Crippen molar-refractivity contribution in [2.24, 2.45) is 0 Å². The number of hydrogen-bond donors (Lipinski definition) is 0. The fourth-order valence-electron chi connectivity index (χ4n) is 3.17. The maximum absolute atomic E-state index is 5.25. The lowest BCUT2D eigenvalue weighted by atomic mass is 9.98.